The number of imide groups is 1. The minimum atomic E-state index is -0.414. The fraction of sp³-hybridized carbons (Fsp3) is 0.385. The van der Waals surface area contributed by atoms with Crippen molar-refractivity contribution in [2.24, 2.45) is 0 Å². The molecule has 0 radical (unpaired) electrons. The normalized spacial score (nSPS) is 14.6. The summed E-state index contributed by atoms with van der Waals surface area (Å²) in [7, 11) is 0. The van der Waals surface area contributed by atoms with Crippen molar-refractivity contribution in [3.8, 4) is 17.2 Å². The molecule has 2 aromatic carbocycles. The number of nitrogens with one attached hydrogen (secondary N) is 1. The molecule has 0 spiro atoms. The first kappa shape index (κ1) is 29.9. The average Bonchev–Trinajstić information content (AvgIpc) is 3.11. The molecule has 8 nitrogen and oxygen atoms in total. The van der Waals surface area contributed by atoms with Crippen molar-refractivity contribution in [1.29, 1.82) is 0 Å². The molecule has 0 aliphatic carbocycles. The van der Waals surface area contributed by atoms with Crippen LogP contribution in [0.4, 0.5) is 4.79 Å². The first-order valence-electron chi connectivity index (χ1n) is 11.3. The predicted octanol–water partition coefficient (Wildman–Crippen LogP) is 3.72. The summed E-state index contributed by atoms with van der Waals surface area (Å²) in [6.07, 6.45) is 1.67. The van der Waals surface area contributed by atoms with Crippen LogP contribution >= 0.6 is 11.8 Å². The Morgan fingerprint density at radius 2 is 1.50 bits per heavy atom. The third kappa shape index (κ3) is 7.59. The number of esters is 2. The van der Waals surface area contributed by atoms with E-state index in [2.05, 4.69) is 5.32 Å². The molecule has 1 unspecified atom stereocenters. The van der Waals surface area contributed by atoms with E-state index in [1.165, 1.54) is 13.8 Å². The number of carbonyl (C=O) groups is 4. The van der Waals surface area contributed by atoms with Gasteiger partial charge in [-0.3, -0.25) is 24.5 Å². The van der Waals surface area contributed by atoms with E-state index in [0.29, 0.717) is 43.1 Å². The van der Waals surface area contributed by atoms with Crippen LogP contribution in [0.1, 0.15) is 48.1 Å². The number of amides is 2. The Bertz CT molecular complexity index is 1160. The summed E-state index contributed by atoms with van der Waals surface area (Å²) in [5.41, 5.74) is 4.02. The van der Waals surface area contributed by atoms with Gasteiger partial charge in [0.05, 0.1) is 11.9 Å². The van der Waals surface area contributed by atoms with Crippen LogP contribution in [-0.2, 0) is 27.2 Å². The van der Waals surface area contributed by atoms with Gasteiger partial charge in [-0.15, -0.1) is 0 Å². The van der Waals surface area contributed by atoms with Gasteiger partial charge in [0.15, 0.2) is 0 Å². The van der Waals surface area contributed by atoms with Gasteiger partial charge in [-0.2, -0.15) is 0 Å². The van der Waals surface area contributed by atoms with E-state index < -0.39 is 17.2 Å². The van der Waals surface area contributed by atoms with Crippen molar-refractivity contribution < 1.29 is 33.4 Å². The summed E-state index contributed by atoms with van der Waals surface area (Å²) in [6.45, 7) is 8.65. The maximum atomic E-state index is 11.7. The molecule has 3 rings (SSSR count). The molecule has 1 aliphatic rings. The molecule has 2 aromatic rings. The zero-order valence-corrected chi connectivity index (χ0v) is 21.3. The minimum absolute atomic E-state index is 0. The van der Waals surface area contributed by atoms with Crippen molar-refractivity contribution in [2.75, 3.05) is 6.61 Å². The number of benzene rings is 2. The molecule has 10 heteroatoms. The average molecular weight is 524 g/mol. The first-order valence-corrected chi connectivity index (χ1v) is 12.2. The number of ether oxygens (including phenoxy) is 3. The molecule has 1 atom stereocenters. The molecule has 1 saturated heterocycles. The van der Waals surface area contributed by atoms with Crippen LogP contribution in [-0.4, -0.2) is 64.5 Å². The van der Waals surface area contributed by atoms with Gasteiger partial charge in [0.1, 0.15) is 17.2 Å². The molecule has 1 heterocycles. The van der Waals surface area contributed by atoms with E-state index in [1.807, 2.05) is 45.0 Å². The maximum absolute atomic E-state index is 11.7. The van der Waals surface area contributed by atoms with E-state index in [0.717, 1.165) is 39.6 Å². The molecule has 0 bridgehead atoms. The fourth-order valence-corrected chi connectivity index (χ4v) is 4.80. The van der Waals surface area contributed by atoms with Gasteiger partial charge in [-0.1, -0.05) is 23.9 Å². The molecule has 0 aromatic heterocycles. The number of rotatable bonds is 9. The summed E-state index contributed by atoms with van der Waals surface area (Å²) in [5.74, 6) is 0.598. The number of thioether (sulfide) groups is 1. The van der Waals surface area contributed by atoms with Crippen molar-refractivity contribution in [1.82, 2.24) is 5.32 Å². The first-order chi connectivity index (χ1) is 16.6. The van der Waals surface area contributed by atoms with Gasteiger partial charge in [0, 0.05) is 19.4 Å². The van der Waals surface area contributed by atoms with E-state index in [4.69, 9.17) is 14.2 Å². The summed E-state index contributed by atoms with van der Waals surface area (Å²) in [5, 5.41) is 1.58. The summed E-state index contributed by atoms with van der Waals surface area (Å²) in [6, 6.07) is 7.42. The standard InChI is InChI=1S/C26H29NO7S.Na.H/c1-14-15(2)24(34-18(5)29)21(16(3)23(14)33-17(4)28)7-6-12-32-20-10-8-19(9-11-20)13-22-25(30)27-26(31)35-22;;/h8-11,22H,6-7,12-13H2,1-5H3,(H,27,30,31);;. The molecule has 0 saturated carbocycles. The van der Waals surface area contributed by atoms with Crippen molar-refractivity contribution in [3.63, 3.8) is 0 Å². The molecule has 1 fully saturated rings. The van der Waals surface area contributed by atoms with Crippen LogP contribution in [0.25, 0.3) is 0 Å². The Morgan fingerprint density at radius 1 is 0.917 bits per heavy atom. The van der Waals surface area contributed by atoms with E-state index in [1.54, 1.807) is 0 Å². The molecule has 36 heavy (non-hydrogen) atoms. The fourth-order valence-electron chi connectivity index (χ4n) is 3.94. The van der Waals surface area contributed by atoms with Gasteiger partial charge in [-0.25, -0.2) is 0 Å². The van der Waals surface area contributed by atoms with Gasteiger partial charge in [0.2, 0.25) is 5.91 Å². The van der Waals surface area contributed by atoms with Crippen molar-refractivity contribution >= 4 is 64.4 Å². The Kier molecular flexibility index (Phi) is 11.0. The Balaban J connectivity index is 0.00000456. The van der Waals surface area contributed by atoms with Gasteiger partial charge in [0.25, 0.3) is 5.24 Å². The summed E-state index contributed by atoms with van der Waals surface area (Å²) >= 11 is 1.01. The molecule has 188 valence electrons. The van der Waals surface area contributed by atoms with Crippen LogP contribution in [0.2, 0.25) is 0 Å². The zero-order chi connectivity index (χ0) is 25.7. The van der Waals surface area contributed by atoms with Crippen LogP contribution in [0, 0.1) is 20.8 Å². The van der Waals surface area contributed by atoms with Crippen LogP contribution in [0.3, 0.4) is 0 Å². The molecular formula is C26H30NNaO7S. The van der Waals surface area contributed by atoms with E-state index >= 15 is 0 Å². The SMILES string of the molecule is CC(=O)Oc1c(C)c(C)c(OC(C)=O)c(CCCOc2ccc(CC3SC(=O)NC3=O)cc2)c1C.[NaH]. The Hall–Kier alpha value is -2.33. The number of hydrogen-bond donors (Lipinski definition) is 1. The quantitative estimate of drug-likeness (QED) is 0.229. The Labute approximate surface area is 237 Å². The second-order valence-corrected chi connectivity index (χ2v) is 9.56. The second-order valence-electron chi connectivity index (χ2n) is 8.38. The third-order valence-corrected chi connectivity index (χ3v) is 6.74. The van der Waals surface area contributed by atoms with Crippen LogP contribution < -0.4 is 19.5 Å². The Morgan fingerprint density at radius 3 is 2.06 bits per heavy atom. The second kappa shape index (κ2) is 13.3. The molecular weight excluding hydrogens is 493 g/mol. The third-order valence-electron chi connectivity index (χ3n) is 5.75. The van der Waals surface area contributed by atoms with Gasteiger partial charge >= 0.3 is 41.5 Å². The van der Waals surface area contributed by atoms with Crippen LogP contribution in [0.5, 0.6) is 17.2 Å². The molecule has 2 amide bonds. The number of hydrogen-bond acceptors (Lipinski definition) is 8. The zero-order valence-electron chi connectivity index (χ0n) is 20.5. The predicted molar refractivity (Wildman–Crippen MR) is 139 cm³/mol. The topological polar surface area (TPSA) is 108 Å². The van der Waals surface area contributed by atoms with Crippen LogP contribution in [0.15, 0.2) is 24.3 Å². The van der Waals surface area contributed by atoms with Crippen molar-refractivity contribution in [3.05, 3.63) is 52.1 Å². The van der Waals surface area contributed by atoms with Crippen molar-refractivity contribution in [2.45, 2.75) is 59.1 Å². The summed E-state index contributed by atoms with van der Waals surface area (Å²) < 4.78 is 16.8. The van der Waals surface area contributed by atoms with E-state index in [-0.39, 0.29) is 40.7 Å². The van der Waals surface area contributed by atoms with E-state index in [9.17, 15) is 19.2 Å². The van der Waals surface area contributed by atoms with Gasteiger partial charge in [-0.05, 0) is 74.4 Å². The monoisotopic (exact) mass is 523 g/mol. The van der Waals surface area contributed by atoms with Gasteiger partial charge < -0.3 is 14.2 Å². The summed E-state index contributed by atoms with van der Waals surface area (Å²) in [4.78, 5) is 46.4. The molecule has 1 N–H and O–H groups in total. The number of carbonyl (C=O) groups excluding carboxylic acids is 4. The molecule has 1 aliphatic heterocycles.